The van der Waals surface area contributed by atoms with Gasteiger partial charge in [-0.25, -0.2) is 0 Å². The number of ether oxygens (including phenoxy) is 2. The largest absolute Gasteiger partial charge is 0.492 e. The van der Waals surface area contributed by atoms with E-state index < -0.39 is 11.3 Å². The minimum atomic E-state index is -0.630. The number of hydrogen-bond acceptors (Lipinski definition) is 6. The van der Waals surface area contributed by atoms with Crippen molar-refractivity contribution in [1.82, 2.24) is 4.90 Å². The summed E-state index contributed by atoms with van der Waals surface area (Å²) in [6, 6.07) is 11.9. The zero-order chi connectivity index (χ0) is 25.7. The fourth-order valence-electron chi connectivity index (χ4n) is 4.88. The molecule has 1 aliphatic carbocycles. The summed E-state index contributed by atoms with van der Waals surface area (Å²) in [6.07, 6.45) is 3.40. The zero-order valence-electron chi connectivity index (χ0n) is 20.6. The number of carbonyl (C=O) groups is 4. The van der Waals surface area contributed by atoms with Crippen molar-refractivity contribution in [1.29, 1.82) is 0 Å². The van der Waals surface area contributed by atoms with Crippen LogP contribution in [0.2, 0.25) is 0 Å². The molecule has 190 valence electrons. The van der Waals surface area contributed by atoms with Gasteiger partial charge in [-0.05, 0) is 38.8 Å². The van der Waals surface area contributed by atoms with E-state index in [-0.39, 0.29) is 30.7 Å². The highest BCUT2D eigenvalue weighted by Crippen LogP contribution is 2.46. The maximum Gasteiger partial charge on any atom is 0.255 e. The number of anilines is 2. The van der Waals surface area contributed by atoms with Gasteiger partial charge in [-0.1, -0.05) is 31.0 Å². The van der Waals surface area contributed by atoms with Gasteiger partial charge in [0.25, 0.3) is 5.91 Å². The average molecular weight is 494 g/mol. The van der Waals surface area contributed by atoms with E-state index in [4.69, 9.17) is 9.47 Å². The molecule has 1 aliphatic heterocycles. The first kappa shape index (κ1) is 25.2. The SMILES string of the molecule is CCOc1cc(NC(=O)c2ccccc2)c(OCC)cc1NC(=O)CN1C(=O)CC2(CCCC2)C1=O. The predicted molar refractivity (Wildman–Crippen MR) is 134 cm³/mol. The van der Waals surface area contributed by atoms with E-state index in [0.29, 0.717) is 54.5 Å². The third-order valence-corrected chi connectivity index (χ3v) is 6.59. The molecular formula is C27H31N3O6. The van der Waals surface area contributed by atoms with Crippen molar-refractivity contribution in [2.24, 2.45) is 5.41 Å². The number of nitrogens with one attached hydrogen (secondary N) is 2. The van der Waals surface area contributed by atoms with Gasteiger partial charge in [-0.3, -0.25) is 24.1 Å². The van der Waals surface area contributed by atoms with Gasteiger partial charge in [0.1, 0.15) is 18.0 Å². The lowest BCUT2D eigenvalue weighted by molar-refractivity contribution is -0.143. The fraction of sp³-hybridized carbons (Fsp3) is 0.407. The Morgan fingerprint density at radius 1 is 0.917 bits per heavy atom. The Kier molecular flexibility index (Phi) is 7.57. The second kappa shape index (κ2) is 10.8. The molecule has 2 N–H and O–H groups in total. The number of carbonyl (C=O) groups excluding carboxylic acids is 4. The van der Waals surface area contributed by atoms with Crippen molar-refractivity contribution in [2.45, 2.75) is 46.0 Å². The van der Waals surface area contributed by atoms with Crippen molar-refractivity contribution in [3.63, 3.8) is 0 Å². The Morgan fingerprint density at radius 2 is 1.50 bits per heavy atom. The normalized spacial score (nSPS) is 16.3. The van der Waals surface area contributed by atoms with E-state index in [0.717, 1.165) is 17.7 Å². The van der Waals surface area contributed by atoms with Crippen molar-refractivity contribution < 1.29 is 28.7 Å². The van der Waals surface area contributed by atoms with Gasteiger partial charge in [0.15, 0.2) is 0 Å². The lowest BCUT2D eigenvalue weighted by Gasteiger charge is -2.21. The van der Waals surface area contributed by atoms with Gasteiger partial charge in [-0.2, -0.15) is 0 Å². The van der Waals surface area contributed by atoms with Crippen molar-refractivity contribution in [3.05, 3.63) is 48.0 Å². The van der Waals surface area contributed by atoms with Crippen LogP contribution < -0.4 is 20.1 Å². The van der Waals surface area contributed by atoms with Crippen LogP contribution in [0.5, 0.6) is 11.5 Å². The molecule has 4 amide bonds. The molecule has 4 rings (SSSR count). The Hall–Kier alpha value is -3.88. The molecule has 0 radical (unpaired) electrons. The van der Waals surface area contributed by atoms with Gasteiger partial charge in [0, 0.05) is 24.1 Å². The van der Waals surface area contributed by atoms with Gasteiger partial charge < -0.3 is 20.1 Å². The molecule has 2 aliphatic rings. The maximum absolute atomic E-state index is 12.9. The van der Waals surface area contributed by atoms with E-state index in [1.54, 1.807) is 50.2 Å². The lowest BCUT2D eigenvalue weighted by Crippen LogP contribution is -2.40. The minimum absolute atomic E-state index is 0.174. The van der Waals surface area contributed by atoms with E-state index in [9.17, 15) is 19.2 Å². The number of nitrogens with zero attached hydrogens (tertiary/aromatic N) is 1. The zero-order valence-corrected chi connectivity index (χ0v) is 20.6. The first-order valence-electron chi connectivity index (χ1n) is 12.3. The van der Waals surface area contributed by atoms with Crippen molar-refractivity contribution >= 4 is 35.0 Å². The number of benzene rings is 2. The number of amides is 4. The van der Waals surface area contributed by atoms with Crippen LogP contribution in [0.1, 0.15) is 56.3 Å². The van der Waals surface area contributed by atoms with E-state index in [2.05, 4.69) is 10.6 Å². The topological polar surface area (TPSA) is 114 Å². The summed E-state index contributed by atoms with van der Waals surface area (Å²) in [4.78, 5) is 52.2. The number of imide groups is 1. The standard InChI is InChI=1S/C27H31N3O6/c1-3-35-21-15-20(29-25(33)18-10-6-5-7-11-18)22(36-4-2)14-19(21)28-23(31)17-30-24(32)16-27(26(30)34)12-8-9-13-27/h5-7,10-11,14-15H,3-4,8-9,12-13,16-17H2,1-2H3,(H,28,31)(H,29,33). The van der Waals surface area contributed by atoms with Gasteiger partial charge in [0.05, 0.1) is 30.0 Å². The summed E-state index contributed by atoms with van der Waals surface area (Å²) in [5.41, 5.74) is 0.558. The third kappa shape index (κ3) is 5.19. The Labute approximate surface area is 210 Å². The first-order chi connectivity index (χ1) is 17.4. The molecule has 9 nitrogen and oxygen atoms in total. The second-order valence-corrected chi connectivity index (χ2v) is 9.03. The van der Waals surface area contributed by atoms with Gasteiger partial charge in [-0.15, -0.1) is 0 Å². The predicted octanol–water partition coefficient (Wildman–Crippen LogP) is 3.99. The summed E-state index contributed by atoms with van der Waals surface area (Å²) in [6.45, 7) is 3.89. The molecule has 0 unspecified atom stereocenters. The van der Waals surface area contributed by atoms with Crippen LogP contribution in [0, 0.1) is 5.41 Å². The molecule has 36 heavy (non-hydrogen) atoms. The molecule has 2 fully saturated rings. The van der Waals surface area contributed by atoms with Gasteiger partial charge in [0.2, 0.25) is 17.7 Å². The molecule has 2 aromatic rings. The van der Waals surface area contributed by atoms with Gasteiger partial charge >= 0.3 is 0 Å². The lowest BCUT2D eigenvalue weighted by atomic mass is 9.84. The summed E-state index contributed by atoms with van der Waals surface area (Å²) >= 11 is 0. The molecule has 9 heteroatoms. The number of rotatable bonds is 9. The van der Waals surface area contributed by atoms with Crippen LogP contribution in [-0.4, -0.2) is 48.3 Å². The highest BCUT2D eigenvalue weighted by atomic mass is 16.5. The van der Waals surface area contributed by atoms with Crippen molar-refractivity contribution in [2.75, 3.05) is 30.4 Å². The minimum Gasteiger partial charge on any atom is -0.492 e. The molecule has 1 heterocycles. The molecular weight excluding hydrogens is 462 g/mol. The van der Waals surface area contributed by atoms with E-state index >= 15 is 0 Å². The van der Waals surface area contributed by atoms with Crippen LogP contribution in [0.4, 0.5) is 11.4 Å². The van der Waals surface area contributed by atoms with E-state index in [1.807, 2.05) is 6.07 Å². The number of likely N-dealkylation sites (tertiary alicyclic amines) is 1. The molecule has 2 aromatic carbocycles. The molecule has 1 saturated heterocycles. The molecule has 1 spiro atoms. The maximum atomic E-state index is 12.9. The van der Waals surface area contributed by atoms with Crippen LogP contribution in [0.3, 0.4) is 0 Å². The van der Waals surface area contributed by atoms with Crippen LogP contribution in [0.25, 0.3) is 0 Å². The molecule has 0 atom stereocenters. The van der Waals surface area contributed by atoms with Crippen LogP contribution >= 0.6 is 0 Å². The Balaban J connectivity index is 1.54. The third-order valence-electron chi connectivity index (χ3n) is 6.59. The second-order valence-electron chi connectivity index (χ2n) is 9.03. The first-order valence-corrected chi connectivity index (χ1v) is 12.3. The van der Waals surface area contributed by atoms with Crippen LogP contribution in [0.15, 0.2) is 42.5 Å². The van der Waals surface area contributed by atoms with Crippen LogP contribution in [-0.2, 0) is 14.4 Å². The fourth-order valence-corrected chi connectivity index (χ4v) is 4.88. The molecule has 1 saturated carbocycles. The summed E-state index contributed by atoms with van der Waals surface area (Å²) in [5.74, 6) is -0.725. The van der Waals surface area contributed by atoms with Crippen molar-refractivity contribution in [3.8, 4) is 11.5 Å². The highest BCUT2D eigenvalue weighted by molar-refractivity contribution is 6.10. The average Bonchev–Trinajstić information content (AvgIpc) is 3.42. The quantitative estimate of drug-likeness (QED) is 0.511. The smallest absolute Gasteiger partial charge is 0.255 e. The summed E-state index contributed by atoms with van der Waals surface area (Å²) in [7, 11) is 0. The Morgan fingerprint density at radius 3 is 2.08 bits per heavy atom. The molecule has 0 bridgehead atoms. The Bertz CT molecular complexity index is 1160. The van der Waals surface area contributed by atoms with E-state index in [1.165, 1.54) is 0 Å². The summed E-state index contributed by atoms with van der Waals surface area (Å²) < 4.78 is 11.4. The monoisotopic (exact) mass is 493 g/mol. The molecule has 0 aromatic heterocycles. The highest BCUT2D eigenvalue weighted by Gasteiger charge is 2.52. The number of hydrogen-bond donors (Lipinski definition) is 2. The summed E-state index contributed by atoms with van der Waals surface area (Å²) in [5, 5.41) is 5.59.